The fraction of sp³-hybridized carbons (Fsp3) is 0.543. The maximum atomic E-state index is 12.7. The normalized spacial score (nSPS) is 11.0. The molecule has 6 heteroatoms. The van der Waals surface area contributed by atoms with Crippen LogP contribution in [0.2, 0.25) is 0 Å². The lowest BCUT2D eigenvalue weighted by atomic mass is 10.1. The molecule has 0 aliphatic carbocycles. The van der Waals surface area contributed by atoms with E-state index in [0.29, 0.717) is 13.2 Å². The zero-order valence-electron chi connectivity index (χ0n) is 25.8. The Labute approximate surface area is 252 Å². The number of carbonyl (C=O) groups excluding carboxylic acids is 1. The van der Waals surface area contributed by atoms with Gasteiger partial charge in [0.25, 0.3) is 0 Å². The molecule has 41 heavy (non-hydrogen) atoms. The quantitative estimate of drug-likeness (QED) is 0.0991. The van der Waals surface area contributed by atoms with Crippen molar-refractivity contribution in [2.24, 2.45) is 0 Å². The number of rotatable bonds is 20. The lowest BCUT2D eigenvalue weighted by Gasteiger charge is -2.22. The summed E-state index contributed by atoms with van der Waals surface area (Å²) < 4.78 is 13.9. The highest BCUT2D eigenvalue weighted by molar-refractivity contribution is 7.09. The number of anilines is 1. The molecule has 0 saturated heterocycles. The average molecular weight is 580 g/mol. The van der Waals surface area contributed by atoms with Gasteiger partial charge in [-0.2, -0.15) is 4.57 Å². The molecule has 1 aromatic heterocycles. The van der Waals surface area contributed by atoms with Crippen LogP contribution in [0.4, 0.5) is 5.69 Å². The molecule has 0 fully saturated rings. The molecular formula is C35H51N2O3S+. The Kier molecular flexibility index (Phi) is 14.8. The van der Waals surface area contributed by atoms with Crippen LogP contribution in [0.3, 0.4) is 0 Å². The number of unbranched alkanes of at least 4 members (excludes halogenated alkanes) is 11. The third-order valence-electron chi connectivity index (χ3n) is 7.47. The van der Waals surface area contributed by atoms with Crippen molar-refractivity contribution in [2.75, 3.05) is 18.6 Å². The SMILES string of the molecule is CCCCCCCCCCCCCCOc1cc(CN(C(C)=O)c2cccc(C[n+]3csc(C)c3)c2)cc(OC)c1. The van der Waals surface area contributed by atoms with Crippen LogP contribution in [0.15, 0.2) is 54.2 Å². The molecule has 2 aromatic carbocycles. The summed E-state index contributed by atoms with van der Waals surface area (Å²) in [5.41, 5.74) is 5.16. The highest BCUT2D eigenvalue weighted by atomic mass is 32.1. The molecule has 0 radical (unpaired) electrons. The number of methoxy groups -OCH3 is 1. The van der Waals surface area contributed by atoms with E-state index < -0.39 is 0 Å². The number of hydrogen-bond donors (Lipinski definition) is 0. The van der Waals surface area contributed by atoms with Crippen LogP contribution in [-0.2, 0) is 17.9 Å². The summed E-state index contributed by atoms with van der Waals surface area (Å²) in [4.78, 5) is 15.8. The van der Waals surface area contributed by atoms with Crippen molar-refractivity contribution in [1.82, 2.24) is 0 Å². The summed E-state index contributed by atoms with van der Waals surface area (Å²) in [5.74, 6) is 1.54. The van der Waals surface area contributed by atoms with Gasteiger partial charge in [0.05, 0.1) is 25.1 Å². The van der Waals surface area contributed by atoms with Gasteiger partial charge in [0, 0.05) is 24.2 Å². The molecule has 0 bridgehead atoms. The third-order valence-corrected chi connectivity index (χ3v) is 8.33. The Morgan fingerprint density at radius 2 is 1.51 bits per heavy atom. The lowest BCUT2D eigenvalue weighted by Crippen LogP contribution is -2.31. The smallest absolute Gasteiger partial charge is 0.225 e. The van der Waals surface area contributed by atoms with Crippen molar-refractivity contribution >= 4 is 22.9 Å². The summed E-state index contributed by atoms with van der Waals surface area (Å²) in [6.45, 7) is 7.93. The van der Waals surface area contributed by atoms with Crippen molar-refractivity contribution in [3.8, 4) is 11.5 Å². The second-order valence-electron chi connectivity index (χ2n) is 11.2. The number of amides is 1. The van der Waals surface area contributed by atoms with Crippen LogP contribution < -0.4 is 18.9 Å². The lowest BCUT2D eigenvalue weighted by molar-refractivity contribution is -0.683. The molecule has 0 saturated carbocycles. The van der Waals surface area contributed by atoms with Gasteiger partial charge in [-0.3, -0.25) is 4.79 Å². The monoisotopic (exact) mass is 579 g/mol. The maximum absolute atomic E-state index is 12.7. The Morgan fingerprint density at radius 1 is 0.854 bits per heavy atom. The summed E-state index contributed by atoms with van der Waals surface area (Å²) >= 11 is 1.74. The first-order chi connectivity index (χ1) is 20.0. The minimum Gasteiger partial charge on any atom is -0.497 e. The summed E-state index contributed by atoms with van der Waals surface area (Å²) in [7, 11) is 1.67. The maximum Gasteiger partial charge on any atom is 0.225 e. The van der Waals surface area contributed by atoms with Crippen LogP contribution in [0.1, 0.15) is 107 Å². The van der Waals surface area contributed by atoms with Gasteiger partial charge in [-0.25, -0.2) is 0 Å². The molecule has 3 rings (SSSR count). The first-order valence-corrected chi connectivity index (χ1v) is 16.5. The number of hydrogen-bond acceptors (Lipinski definition) is 4. The zero-order valence-corrected chi connectivity index (χ0v) is 26.6. The van der Waals surface area contributed by atoms with E-state index >= 15 is 0 Å². The van der Waals surface area contributed by atoms with Crippen LogP contribution in [0.5, 0.6) is 11.5 Å². The molecule has 3 aromatic rings. The highest BCUT2D eigenvalue weighted by Crippen LogP contribution is 2.26. The number of nitrogens with zero attached hydrogens (tertiary/aromatic N) is 2. The van der Waals surface area contributed by atoms with Gasteiger partial charge in [0.1, 0.15) is 11.5 Å². The van der Waals surface area contributed by atoms with Crippen molar-refractivity contribution in [3.05, 3.63) is 70.2 Å². The molecule has 1 heterocycles. The average Bonchev–Trinajstić information content (AvgIpc) is 3.38. The van der Waals surface area contributed by atoms with Crippen molar-refractivity contribution < 1.29 is 18.8 Å². The number of carbonyl (C=O) groups is 1. The number of benzene rings is 2. The molecule has 0 aliphatic heterocycles. The second-order valence-corrected chi connectivity index (χ2v) is 12.3. The Balaban J connectivity index is 1.47. The van der Waals surface area contributed by atoms with Crippen molar-refractivity contribution in [1.29, 1.82) is 0 Å². The standard InChI is InChI=1S/C35H51N2O3S/c1-5-6-7-8-9-10-11-12-13-14-15-16-20-40-35-23-32(22-34(24-35)39-4)27-37(30(3)38)33-19-17-18-31(21-33)26-36-25-29(2)41-28-36/h17-19,21-25,28H,5-16,20,26-27H2,1-4H3/q+1. The zero-order chi connectivity index (χ0) is 29.3. The van der Waals surface area contributed by atoms with Crippen LogP contribution in [0, 0.1) is 6.92 Å². The molecular weight excluding hydrogens is 528 g/mol. The van der Waals surface area contributed by atoms with E-state index in [1.165, 1.54) is 75.5 Å². The predicted octanol–water partition coefficient (Wildman–Crippen LogP) is 9.03. The molecule has 0 unspecified atom stereocenters. The van der Waals surface area contributed by atoms with E-state index in [1.807, 2.05) is 35.2 Å². The predicted molar refractivity (Wildman–Crippen MR) is 171 cm³/mol. The van der Waals surface area contributed by atoms with Gasteiger partial charge in [-0.05, 0) is 43.2 Å². The Hall–Kier alpha value is -2.86. The fourth-order valence-corrected chi connectivity index (χ4v) is 5.82. The molecule has 0 aliphatic rings. The van der Waals surface area contributed by atoms with Gasteiger partial charge >= 0.3 is 0 Å². The molecule has 0 spiro atoms. The van der Waals surface area contributed by atoms with E-state index in [9.17, 15) is 4.79 Å². The van der Waals surface area contributed by atoms with E-state index in [-0.39, 0.29) is 5.91 Å². The molecule has 224 valence electrons. The molecule has 1 amide bonds. The van der Waals surface area contributed by atoms with E-state index in [2.05, 4.69) is 42.3 Å². The van der Waals surface area contributed by atoms with E-state index in [1.54, 1.807) is 25.4 Å². The fourth-order valence-electron chi connectivity index (χ4n) is 5.18. The Bertz CT molecular complexity index is 1180. The molecule has 5 nitrogen and oxygen atoms in total. The topological polar surface area (TPSA) is 42.7 Å². The summed E-state index contributed by atoms with van der Waals surface area (Å²) in [6.07, 6.45) is 18.1. The highest BCUT2D eigenvalue weighted by Gasteiger charge is 2.16. The molecule has 0 N–H and O–H groups in total. The minimum absolute atomic E-state index is 0.00274. The van der Waals surface area contributed by atoms with Gasteiger partial charge in [0.2, 0.25) is 11.4 Å². The van der Waals surface area contributed by atoms with Crippen LogP contribution >= 0.6 is 11.3 Å². The number of aryl methyl sites for hydroxylation is 1. The first-order valence-electron chi connectivity index (χ1n) is 15.6. The minimum atomic E-state index is 0.00274. The summed E-state index contributed by atoms with van der Waals surface area (Å²) in [5, 5.41) is 0. The molecule has 0 atom stereocenters. The van der Waals surface area contributed by atoms with Crippen LogP contribution in [-0.4, -0.2) is 19.6 Å². The summed E-state index contributed by atoms with van der Waals surface area (Å²) in [6, 6.07) is 14.2. The van der Waals surface area contributed by atoms with Crippen molar-refractivity contribution in [2.45, 2.75) is 111 Å². The number of aromatic nitrogens is 1. The first kappa shape index (κ1) is 32.7. The third kappa shape index (κ3) is 12.3. The second kappa shape index (κ2) is 18.5. The van der Waals surface area contributed by atoms with E-state index in [4.69, 9.17) is 9.47 Å². The van der Waals surface area contributed by atoms with E-state index in [0.717, 1.165) is 41.3 Å². The van der Waals surface area contributed by atoms with Crippen LogP contribution in [0.25, 0.3) is 0 Å². The number of thiazole rings is 1. The van der Waals surface area contributed by atoms with Gasteiger partial charge in [-0.15, -0.1) is 0 Å². The number of ether oxygens (including phenoxy) is 2. The largest absolute Gasteiger partial charge is 0.497 e. The van der Waals surface area contributed by atoms with Gasteiger partial charge in [-0.1, -0.05) is 101 Å². The van der Waals surface area contributed by atoms with Gasteiger partial charge < -0.3 is 14.4 Å². The van der Waals surface area contributed by atoms with Crippen molar-refractivity contribution in [3.63, 3.8) is 0 Å². The Morgan fingerprint density at radius 3 is 2.12 bits per heavy atom. The van der Waals surface area contributed by atoms with Gasteiger partial charge in [0.15, 0.2) is 12.7 Å².